The van der Waals surface area contributed by atoms with Crippen LogP contribution in [0.4, 0.5) is 18.9 Å². The van der Waals surface area contributed by atoms with E-state index < -0.39 is 28.6 Å². The molecular formula is C21H27ClF3N3O2. The van der Waals surface area contributed by atoms with Gasteiger partial charge >= 0.3 is 18.0 Å². The Balaban J connectivity index is 1.94. The minimum absolute atomic E-state index is 0.175. The number of hydrazone groups is 1. The zero-order chi connectivity index (χ0) is 22.0. The van der Waals surface area contributed by atoms with Gasteiger partial charge in [-0.2, -0.15) is 18.3 Å². The zero-order valence-electron chi connectivity index (χ0n) is 16.8. The average molecular weight is 446 g/mol. The van der Waals surface area contributed by atoms with E-state index in [4.69, 9.17) is 11.6 Å². The highest BCUT2D eigenvalue weighted by atomic mass is 35.5. The SMILES string of the molecule is O=C(NN=C1CCCCCCCCCCC1)C(=O)Nc1ccc(Cl)c(C(F)(F)F)c1. The molecule has 9 heteroatoms. The van der Waals surface area contributed by atoms with E-state index in [1.807, 2.05) is 0 Å². The van der Waals surface area contributed by atoms with Crippen LogP contribution in [0.1, 0.15) is 76.2 Å². The van der Waals surface area contributed by atoms with E-state index in [2.05, 4.69) is 15.8 Å². The van der Waals surface area contributed by atoms with E-state index in [9.17, 15) is 22.8 Å². The second-order valence-electron chi connectivity index (χ2n) is 7.45. The van der Waals surface area contributed by atoms with Gasteiger partial charge in [-0.3, -0.25) is 9.59 Å². The summed E-state index contributed by atoms with van der Waals surface area (Å²) in [5.41, 5.74) is 1.80. The van der Waals surface area contributed by atoms with Gasteiger partial charge in [-0.25, -0.2) is 5.43 Å². The highest BCUT2D eigenvalue weighted by molar-refractivity contribution is 6.39. The van der Waals surface area contributed by atoms with E-state index >= 15 is 0 Å². The Hall–Kier alpha value is -2.09. The number of halogens is 4. The summed E-state index contributed by atoms with van der Waals surface area (Å²) in [6, 6.07) is 2.90. The van der Waals surface area contributed by atoms with Crippen LogP contribution in [0, 0.1) is 0 Å². The summed E-state index contributed by atoms with van der Waals surface area (Å²) < 4.78 is 38.8. The van der Waals surface area contributed by atoms with Crippen molar-refractivity contribution in [2.45, 2.75) is 76.8 Å². The van der Waals surface area contributed by atoms with Crippen LogP contribution in [0.2, 0.25) is 5.02 Å². The molecule has 0 saturated heterocycles. The third-order valence-electron chi connectivity index (χ3n) is 4.98. The molecule has 2 N–H and O–H groups in total. The molecule has 0 aromatic heterocycles. The molecule has 0 bridgehead atoms. The molecule has 5 nitrogen and oxygen atoms in total. The molecule has 166 valence electrons. The Kier molecular flexibility index (Phi) is 9.62. The highest BCUT2D eigenvalue weighted by Crippen LogP contribution is 2.36. The summed E-state index contributed by atoms with van der Waals surface area (Å²) in [6.45, 7) is 0. The number of nitrogens with zero attached hydrogens (tertiary/aromatic N) is 1. The first-order chi connectivity index (χ1) is 14.3. The fraction of sp³-hybridized carbons (Fsp3) is 0.571. The highest BCUT2D eigenvalue weighted by Gasteiger charge is 2.33. The van der Waals surface area contributed by atoms with E-state index in [1.54, 1.807) is 0 Å². The molecule has 1 aliphatic rings. The molecule has 0 atom stereocenters. The Morgan fingerprint density at radius 1 is 0.867 bits per heavy atom. The second-order valence-corrected chi connectivity index (χ2v) is 7.85. The number of carbonyl (C=O) groups is 2. The number of rotatable bonds is 2. The van der Waals surface area contributed by atoms with Crippen LogP contribution in [0.5, 0.6) is 0 Å². The van der Waals surface area contributed by atoms with Gasteiger partial charge in [0.2, 0.25) is 0 Å². The monoisotopic (exact) mass is 445 g/mol. The predicted molar refractivity (Wildman–Crippen MR) is 111 cm³/mol. The number of carbonyl (C=O) groups excluding carboxylic acids is 2. The maximum absolute atomic E-state index is 12.9. The summed E-state index contributed by atoms with van der Waals surface area (Å²) in [5.74, 6) is -2.12. The predicted octanol–water partition coefficient (Wildman–Crippen LogP) is 6.07. The molecule has 1 aliphatic carbocycles. The van der Waals surface area contributed by atoms with E-state index in [0.29, 0.717) is 6.07 Å². The van der Waals surface area contributed by atoms with Crippen LogP contribution >= 0.6 is 11.6 Å². The summed E-state index contributed by atoms with van der Waals surface area (Å²) in [5, 5.41) is 5.76. The second kappa shape index (κ2) is 11.9. The number of nitrogens with one attached hydrogen (secondary N) is 2. The molecule has 30 heavy (non-hydrogen) atoms. The third-order valence-corrected chi connectivity index (χ3v) is 5.31. The summed E-state index contributed by atoms with van der Waals surface area (Å²) in [4.78, 5) is 24.1. The van der Waals surface area contributed by atoms with Crippen molar-refractivity contribution in [1.82, 2.24) is 5.43 Å². The standard InChI is InChI=1S/C21H27ClF3N3O2/c22-18-13-12-16(14-17(18)21(23,24)25)26-19(29)20(30)28-27-15-10-8-6-4-2-1-3-5-7-9-11-15/h12-14H,1-11H2,(H,26,29)(H,28,30). The van der Waals surface area contributed by atoms with Gasteiger partial charge in [-0.1, -0.05) is 56.5 Å². The quantitative estimate of drug-likeness (QED) is 0.428. The number of anilines is 1. The Morgan fingerprint density at radius 2 is 1.40 bits per heavy atom. The summed E-state index contributed by atoms with van der Waals surface area (Å²) in [6.07, 6.45) is 7.14. The summed E-state index contributed by atoms with van der Waals surface area (Å²) >= 11 is 5.55. The smallest absolute Gasteiger partial charge is 0.318 e. The lowest BCUT2D eigenvalue weighted by atomic mass is 10.00. The van der Waals surface area contributed by atoms with E-state index in [0.717, 1.165) is 50.3 Å². The van der Waals surface area contributed by atoms with Crippen molar-refractivity contribution in [3.05, 3.63) is 28.8 Å². The molecule has 0 aliphatic heterocycles. The Morgan fingerprint density at radius 3 is 1.93 bits per heavy atom. The molecule has 1 fully saturated rings. The van der Waals surface area contributed by atoms with Crippen molar-refractivity contribution in [3.63, 3.8) is 0 Å². The maximum atomic E-state index is 12.9. The van der Waals surface area contributed by atoms with Crippen molar-refractivity contribution in [1.29, 1.82) is 0 Å². The molecule has 2 rings (SSSR count). The van der Waals surface area contributed by atoms with E-state index in [-0.39, 0.29) is 5.69 Å². The fourth-order valence-electron chi connectivity index (χ4n) is 3.32. The van der Waals surface area contributed by atoms with Crippen LogP contribution in [0.25, 0.3) is 0 Å². The van der Waals surface area contributed by atoms with E-state index in [1.165, 1.54) is 38.2 Å². The van der Waals surface area contributed by atoms with Crippen molar-refractivity contribution in [3.8, 4) is 0 Å². The fourth-order valence-corrected chi connectivity index (χ4v) is 3.55. The lowest BCUT2D eigenvalue weighted by Crippen LogP contribution is -2.33. The number of alkyl halides is 3. The zero-order valence-corrected chi connectivity index (χ0v) is 17.5. The number of benzene rings is 1. The average Bonchev–Trinajstić information content (AvgIpc) is 2.68. The minimum atomic E-state index is -4.67. The first-order valence-electron chi connectivity index (χ1n) is 10.3. The van der Waals surface area contributed by atoms with Gasteiger partial charge in [0.1, 0.15) is 0 Å². The molecule has 0 unspecified atom stereocenters. The molecule has 1 aromatic rings. The first-order valence-corrected chi connectivity index (χ1v) is 10.7. The molecule has 1 aromatic carbocycles. The molecule has 0 spiro atoms. The Bertz CT molecular complexity index is 752. The van der Waals surface area contributed by atoms with Gasteiger partial charge in [0, 0.05) is 11.4 Å². The number of hydrogen-bond donors (Lipinski definition) is 2. The van der Waals surface area contributed by atoms with Gasteiger partial charge in [0.05, 0.1) is 10.6 Å². The van der Waals surface area contributed by atoms with Crippen molar-refractivity contribution < 1.29 is 22.8 Å². The number of hydrogen-bond acceptors (Lipinski definition) is 3. The van der Waals surface area contributed by atoms with Gasteiger partial charge in [0.15, 0.2) is 0 Å². The van der Waals surface area contributed by atoms with Crippen LogP contribution in [-0.4, -0.2) is 17.5 Å². The van der Waals surface area contributed by atoms with Gasteiger partial charge in [-0.15, -0.1) is 0 Å². The minimum Gasteiger partial charge on any atom is -0.318 e. The van der Waals surface area contributed by atoms with Crippen molar-refractivity contribution >= 4 is 34.8 Å². The Labute approximate surface area is 179 Å². The molecule has 1 saturated carbocycles. The topological polar surface area (TPSA) is 70.6 Å². The van der Waals surface area contributed by atoms with Crippen LogP contribution in [0.3, 0.4) is 0 Å². The third kappa shape index (κ3) is 8.34. The van der Waals surface area contributed by atoms with Crippen LogP contribution in [-0.2, 0) is 15.8 Å². The van der Waals surface area contributed by atoms with Crippen molar-refractivity contribution in [2.24, 2.45) is 5.10 Å². The molecule has 2 amide bonds. The first kappa shape index (κ1) is 24.2. The normalized spacial score (nSPS) is 16.7. The maximum Gasteiger partial charge on any atom is 0.417 e. The van der Waals surface area contributed by atoms with Crippen LogP contribution in [0.15, 0.2) is 23.3 Å². The van der Waals surface area contributed by atoms with Gasteiger partial charge in [0.25, 0.3) is 0 Å². The summed E-state index contributed by atoms with van der Waals surface area (Å²) in [7, 11) is 0. The van der Waals surface area contributed by atoms with Crippen LogP contribution < -0.4 is 10.7 Å². The molecular weight excluding hydrogens is 419 g/mol. The molecule has 0 radical (unpaired) electrons. The largest absolute Gasteiger partial charge is 0.417 e. The number of amides is 2. The molecule has 0 heterocycles. The van der Waals surface area contributed by atoms with Crippen molar-refractivity contribution in [2.75, 3.05) is 5.32 Å². The lowest BCUT2D eigenvalue weighted by molar-refractivity contribution is -0.137. The van der Waals surface area contributed by atoms with Gasteiger partial charge < -0.3 is 5.32 Å². The van der Waals surface area contributed by atoms with Gasteiger partial charge in [-0.05, 0) is 43.9 Å². The lowest BCUT2D eigenvalue weighted by Gasteiger charge is -2.12.